The summed E-state index contributed by atoms with van der Waals surface area (Å²) in [5.74, 6) is -0.0977. The van der Waals surface area contributed by atoms with Crippen LogP contribution >= 0.6 is 0 Å². The first kappa shape index (κ1) is 17.4. The highest BCUT2D eigenvalue weighted by atomic mass is 32.2. The molecule has 22 heavy (non-hydrogen) atoms. The van der Waals surface area contributed by atoms with E-state index in [0.29, 0.717) is 6.42 Å². The van der Waals surface area contributed by atoms with Crippen molar-refractivity contribution in [1.29, 1.82) is 0 Å². The van der Waals surface area contributed by atoms with Gasteiger partial charge in [0.05, 0.1) is 0 Å². The van der Waals surface area contributed by atoms with Crippen molar-refractivity contribution in [3.63, 3.8) is 0 Å². The van der Waals surface area contributed by atoms with Gasteiger partial charge in [0.15, 0.2) is 0 Å². The van der Waals surface area contributed by atoms with Gasteiger partial charge in [-0.1, -0.05) is 19.4 Å². The van der Waals surface area contributed by atoms with Crippen molar-refractivity contribution in [2.24, 2.45) is 5.41 Å². The van der Waals surface area contributed by atoms with Crippen LogP contribution in [0, 0.1) is 5.41 Å². The second kappa shape index (κ2) is 5.91. The summed E-state index contributed by atoms with van der Waals surface area (Å²) in [6.07, 6.45) is 7.04. The lowest BCUT2D eigenvalue weighted by atomic mass is 9.71. The SMILES string of the molecule is CC1(C)CCCC2=C1/C=C(/OS(=O)(=O)C(F)(F)F)CCCC2. The molecule has 0 bridgehead atoms. The largest absolute Gasteiger partial charge is 0.534 e. The summed E-state index contributed by atoms with van der Waals surface area (Å²) in [6.45, 7) is 4.07. The van der Waals surface area contributed by atoms with Crippen molar-refractivity contribution in [3.05, 3.63) is 23.0 Å². The van der Waals surface area contributed by atoms with Crippen LogP contribution in [0.5, 0.6) is 0 Å². The van der Waals surface area contributed by atoms with Gasteiger partial charge in [0.2, 0.25) is 0 Å². The van der Waals surface area contributed by atoms with E-state index < -0.39 is 15.6 Å². The number of allylic oxidation sites excluding steroid dienone is 4. The quantitative estimate of drug-likeness (QED) is 0.536. The van der Waals surface area contributed by atoms with Crippen LogP contribution in [0.1, 0.15) is 58.8 Å². The fraction of sp³-hybridized carbons (Fsp3) is 0.733. The van der Waals surface area contributed by atoms with E-state index >= 15 is 0 Å². The van der Waals surface area contributed by atoms with E-state index in [2.05, 4.69) is 4.18 Å². The molecule has 0 aliphatic heterocycles. The summed E-state index contributed by atoms with van der Waals surface area (Å²) in [5.41, 5.74) is -3.39. The molecule has 2 rings (SSSR count). The van der Waals surface area contributed by atoms with Crippen LogP contribution in [-0.4, -0.2) is 13.9 Å². The molecule has 0 aromatic heterocycles. The van der Waals surface area contributed by atoms with E-state index in [0.717, 1.165) is 37.7 Å². The predicted octanol–water partition coefficient (Wildman–Crippen LogP) is 4.82. The van der Waals surface area contributed by atoms with Crippen LogP contribution in [0.2, 0.25) is 0 Å². The third kappa shape index (κ3) is 3.67. The minimum atomic E-state index is -5.59. The average Bonchev–Trinajstić information content (AvgIpc) is 2.32. The Labute approximate surface area is 129 Å². The zero-order valence-corrected chi connectivity index (χ0v) is 13.6. The normalized spacial score (nSPS) is 25.6. The van der Waals surface area contributed by atoms with Crippen LogP contribution in [0.15, 0.2) is 23.0 Å². The Bertz CT molecular complexity index is 598. The van der Waals surface area contributed by atoms with Crippen LogP contribution in [0.25, 0.3) is 0 Å². The zero-order valence-electron chi connectivity index (χ0n) is 12.8. The molecule has 2 aliphatic carbocycles. The first-order valence-corrected chi connectivity index (χ1v) is 8.88. The number of alkyl halides is 3. The molecule has 2 aliphatic rings. The van der Waals surface area contributed by atoms with Gasteiger partial charge in [-0.05, 0) is 55.6 Å². The van der Waals surface area contributed by atoms with Gasteiger partial charge >= 0.3 is 15.6 Å². The predicted molar refractivity (Wildman–Crippen MR) is 77.3 cm³/mol. The molecule has 0 aromatic carbocycles. The van der Waals surface area contributed by atoms with E-state index in [1.165, 1.54) is 11.6 Å². The lowest BCUT2D eigenvalue weighted by molar-refractivity contribution is -0.0523. The smallest absolute Gasteiger partial charge is 0.381 e. The lowest BCUT2D eigenvalue weighted by Crippen LogP contribution is -2.26. The number of hydrogen-bond donors (Lipinski definition) is 0. The van der Waals surface area contributed by atoms with E-state index in [-0.39, 0.29) is 17.6 Å². The Hall–Kier alpha value is -0.980. The molecular formula is C15H21F3O3S. The second-order valence-electron chi connectivity index (χ2n) is 6.56. The van der Waals surface area contributed by atoms with E-state index in [1.807, 2.05) is 13.8 Å². The van der Waals surface area contributed by atoms with Gasteiger partial charge in [0, 0.05) is 6.42 Å². The standard InChI is InChI=1S/C15H21F3O3S/c1-14(2)9-5-7-11-6-3-4-8-12(10-13(11)14)21-22(19,20)15(16,17)18/h10H,3-9H2,1-2H3/b12-10+. The van der Waals surface area contributed by atoms with Crippen molar-refractivity contribution in [1.82, 2.24) is 0 Å². The van der Waals surface area contributed by atoms with Gasteiger partial charge in [-0.2, -0.15) is 21.6 Å². The molecule has 3 nitrogen and oxygen atoms in total. The minimum Gasteiger partial charge on any atom is -0.381 e. The zero-order chi connectivity index (χ0) is 16.6. The van der Waals surface area contributed by atoms with Crippen molar-refractivity contribution in [3.8, 4) is 0 Å². The molecule has 0 heterocycles. The monoisotopic (exact) mass is 338 g/mol. The number of halogens is 3. The van der Waals surface area contributed by atoms with Gasteiger partial charge in [-0.15, -0.1) is 0 Å². The summed E-state index contributed by atoms with van der Waals surface area (Å²) < 4.78 is 64.4. The Morgan fingerprint density at radius 1 is 1.09 bits per heavy atom. The molecule has 0 N–H and O–H groups in total. The highest BCUT2D eigenvalue weighted by Gasteiger charge is 2.49. The molecule has 0 spiro atoms. The third-order valence-corrected chi connectivity index (χ3v) is 5.35. The van der Waals surface area contributed by atoms with Crippen molar-refractivity contribution in [2.45, 2.75) is 64.3 Å². The molecule has 0 atom stereocenters. The fourth-order valence-electron chi connectivity index (χ4n) is 3.17. The molecular weight excluding hydrogens is 317 g/mol. The summed E-state index contributed by atoms with van der Waals surface area (Å²) in [6, 6.07) is 0. The Kier molecular flexibility index (Phi) is 4.66. The van der Waals surface area contributed by atoms with Crippen LogP contribution in [0.3, 0.4) is 0 Å². The molecule has 0 saturated carbocycles. The first-order chi connectivity index (χ1) is 10.0. The molecule has 7 heteroatoms. The highest BCUT2D eigenvalue weighted by molar-refractivity contribution is 7.87. The summed E-state index contributed by atoms with van der Waals surface area (Å²) in [4.78, 5) is 0. The Morgan fingerprint density at radius 2 is 1.68 bits per heavy atom. The van der Waals surface area contributed by atoms with Gasteiger partial charge in [0.25, 0.3) is 0 Å². The minimum absolute atomic E-state index is 0.0977. The van der Waals surface area contributed by atoms with Crippen molar-refractivity contribution < 1.29 is 25.8 Å². The van der Waals surface area contributed by atoms with Crippen LogP contribution in [-0.2, 0) is 14.3 Å². The molecule has 0 aromatic rings. The Morgan fingerprint density at radius 3 is 2.32 bits per heavy atom. The van der Waals surface area contributed by atoms with E-state index in [9.17, 15) is 21.6 Å². The lowest BCUT2D eigenvalue weighted by Gasteiger charge is -2.35. The third-order valence-electron chi connectivity index (χ3n) is 4.35. The second-order valence-corrected chi connectivity index (χ2v) is 8.09. The summed E-state index contributed by atoms with van der Waals surface area (Å²) >= 11 is 0. The maximum Gasteiger partial charge on any atom is 0.534 e. The molecule has 0 unspecified atom stereocenters. The Balaban J connectivity index is 2.39. The molecule has 0 saturated heterocycles. The number of rotatable bonds is 2. The van der Waals surface area contributed by atoms with E-state index in [4.69, 9.17) is 0 Å². The van der Waals surface area contributed by atoms with Gasteiger partial charge in [-0.25, -0.2) is 0 Å². The molecule has 0 amide bonds. The van der Waals surface area contributed by atoms with E-state index in [1.54, 1.807) is 0 Å². The topological polar surface area (TPSA) is 43.4 Å². The maximum absolute atomic E-state index is 12.5. The average molecular weight is 338 g/mol. The van der Waals surface area contributed by atoms with Crippen molar-refractivity contribution in [2.75, 3.05) is 0 Å². The summed E-state index contributed by atoms with van der Waals surface area (Å²) in [5, 5.41) is 0. The first-order valence-electron chi connectivity index (χ1n) is 7.47. The van der Waals surface area contributed by atoms with Gasteiger partial charge in [-0.3, -0.25) is 0 Å². The number of hydrogen-bond acceptors (Lipinski definition) is 3. The molecule has 126 valence electrons. The summed E-state index contributed by atoms with van der Waals surface area (Å²) in [7, 11) is -5.59. The van der Waals surface area contributed by atoms with Crippen molar-refractivity contribution >= 4 is 10.1 Å². The van der Waals surface area contributed by atoms with Gasteiger partial charge < -0.3 is 4.18 Å². The molecule has 0 radical (unpaired) electrons. The highest BCUT2D eigenvalue weighted by Crippen LogP contribution is 2.44. The maximum atomic E-state index is 12.5. The van der Waals surface area contributed by atoms with Crippen LogP contribution in [0.4, 0.5) is 13.2 Å². The van der Waals surface area contributed by atoms with Crippen LogP contribution < -0.4 is 0 Å². The van der Waals surface area contributed by atoms with Gasteiger partial charge in [0.1, 0.15) is 5.76 Å². The molecule has 0 fully saturated rings. The fourth-order valence-corrected chi connectivity index (χ4v) is 3.68.